The summed E-state index contributed by atoms with van der Waals surface area (Å²) in [4.78, 5) is 1.29. The number of hydrogen-bond donors (Lipinski definition) is 0. The molecule has 2 heteroatoms. The van der Waals surface area contributed by atoms with Crippen molar-refractivity contribution >= 4 is 11.5 Å². The van der Waals surface area contributed by atoms with Crippen molar-refractivity contribution in [1.82, 2.24) is 4.37 Å². The number of rotatable bonds is 2. The van der Waals surface area contributed by atoms with Gasteiger partial charge in [0.05, 0.1) is 5.69 Å². The van der Waals surface area contributed by atoms with Crippen LogP contribution in [0.3, 0.4) is 0 Å². The summed E-state index contributed by atoms with van der Waals surface area (Å²) in [5.74, 6) is 0. The monoisotopic (exact) mass is 139 g/mol. The zero-order valence-electron chi connectivity index (χ0n) is 5.42. The molecule has 9 heavy (non-hydrogen) atoms. The summed E-state index contributed by atoms with van der Waals surface area (Å²) in [7, 11) is 0. The molecule has 0 aliphatic rings. The Morgan fingerprint density at radius 3 is 3.11 bits per heavy atom. The summed E-state index contributed by atoms with van der Waals surface area (Å²) in [6.07, 6.45) is 2.85. The second kappa shape index (κ2) is 2.78. The van der Waals surface area contributed by atoms with E-state index in [-0.39, 0.29) is 0 Å². The van der Waals surface area contributed by atoms with E-state index in [4.69, 9.17) is 0 Å². The maximum absolute atomic E-state index is 4.13. The molecule has 1 aromatic heterocycles. The number of nitrogens with zero attached hydrogens (tertiary/aromatic N) is 1. The first kappa shape index (κ1) is 6.49. The van der Waals surface area contributed by atoms with Gasteiger partial charge in [0.15, 0.2) is 0 Å². The van der Waals surface area contributed by atoms with Crippen molar-refractivity contribution < 1.29 is 0 Å². The van der Waals surface area contributed by atoms with Gasteiger partial charge in [0.1, 0.15) is 0 Å². The van der Waals surface area contributed by atoms with E-state index in [0.29, 0.717) is 0 Å². The van der Waals surface area contributed by atoms with Crippen molar-refractivity contribution in [3.8, 4) is 0 Å². The van der Waals surface area contributed by atoms with Gasteiger partial charge in [-0.25, -0.2) is 0 Å². The van der Waals surface area contributed by atoms with Crippen LogP contribution >= 0.6 is 11.5 Å². The van der Waals surface area contributed by atoms with Gasteiger partial charge in [0.25, 0.3) is 0 Å². The molecule has 0 aliphatic carbocycles. The van der Waals surface area contributed by atoms with Crippen molar-refractivity contribution in [3.63, 3.8) is 0 Å². The van der Waals surface area contributed by atoms with Crippen molar-refractivity contribution in [3.05, 3.63) is 29.3 Å². The molecule has 0 fully saturated rings. The zero-order valence-corrected chi connectivity index (χ0v) is 6.24. The molecule has 1 aromatic rings. The smallest absolute Gasteiger partial charge is 0.0514 e. The van der Waals surface area contributed by atoms with Crippen molar-refractivity contribution in [2.75, 3.05) is 0 Å². The van der Waals surface area contributed by atoms with Gasteiger partial charge in [-0.1, -0.05) is 6.08 Å². The maximum Gasteiger partial charge on any atom is 0.0514 e. The maximum atomic E-state index is 4.13. The molecule has 0 unspecified atom stereocenters. The van der Waals surface area contributed by atoms with Crippen molar-refractivity contribution in [2.45, 2.75) is 13.3 Å². The summed E-state index contributed by atoms with van der Waals surface area (Å²) in [5.41, 5.74) is 1.11. The molecule has 0 saturated carbocycles. The molecule has 48 valence electrons. The fourth-order valence-electron chi connectivity index (χ4n) is 0.655. The predicted molar refractivity (Wildman–Crippen MR) is 40.8 cm³/mol. The number of allylic oxidation sites excluding steroid dienone is 1. The SMILES string of the molecule is C=CCc1cc(C)ns1. The van der Waals surface area contributed by atoms with Gasteiger partial charge < -0.3 is 0 Å². The van der Waals surface area contributed by atoms with Crippen LogP contribution in [0, 0.1) is 6.92 Å². The largest absolute Gasteiger partial charge is 0.198 e. The molecule has 0 atom stereocenters. The summed E-state index contributed by atoms with van der Waals surface area (Å²) in [6.45, 7) is 5.65. The third-order valence-electron chi connectivity index (χ3n) is 1.02. The second-order valence-corrected chi connectivity index (χ2v) is 2.82. The summed E-state index contributed by atoms with van der Waals surface area (Å²) < 4.78 is 4.13. The highest BCUT2D eigenvalue weighted by molar-refractivity contribution is 7.05. The Morgan fingerprint density at radius 1 is 1.89 bits per heavy atom. The summed E-state index contributed by atoms with van der Waals surface area (Å²) >= 11 is 1.55. The molecule has 1 rings (SSSR count). The van der Waals surface area contributed by atoms with Crippen LogP contribution in [0.1, 0.15) is 10.6 Å². The van der Waals surface area contributed by atoms with Crippen molar-refractivity contribution in [2.24, 2.45) is 0 Å². The third-order valence-corrected chi connectivity index (χ3v) is 1.92. The number of hydrogen-bond acceptors (Lipinski definition) is 2. The highest BCUT2D eigenvalue weighted by Crippen LogP contribution is 2.09. The molecule has 0 saturated heterocycles. The zero-order chi connectivity index (χ0) is 6.69. The first-order chi connectivity index (χ1) is 4.33. The third kappa shape index (κ3) is 1.64. The molecule has 0 spiro atoms. The van der Waals surface area contributed by atoms with Crippen LogP contribution in [0.2, 0.25) is 0 Å². The Bertz CT molecular complexity index is 202. The lowest BCUT2D eigenvalue weighted by Gasteiger charge is -1.80. The van der Waals surface area contributed by atoms with Crippen molar-refractivity contribution in [1.29, 1.82) is 0 Å². The first-order valence-electron chi connectivity index (χ1n) is 2.86. The Hall–Kier alpha value is -0.630. The Morgan fingerprint density at radius 2 is 2.67 bits per heavy atom. The van der Waals surface area contributed by atoms with Crippen LogP contribution in [0.15, 0.2) is 18.7 Å². The minimum Gasteiger partial charge on any atom is -0.198 e. The van der Waals surface area contributed by atoms with E-state index in [1.165, 1.54) is 4.88 Å². The topological polar surface area (TPSA) is 12.9 Å². The van der Waals surface area contributed by atoms with E-state index >= 15 is 0 Å². The van der Waals surface area contributed by atoms with Gasteiger partial charge in [-0.2, -0.15) is 4.37 Å². The lowest BCUT2D eigenvalue weighted by Crippen LogP contribution is -1.68. The highest BCUT2D eigenvalue weighted by atomic mass is 32.1. The molecule has 0 bridgehead atoms. The second-order valence-electron chi connectivity index (χ2n) is 1.93. The van der Waals surface area contributed by atoms with E-state index in [1.807, 2.05) is 13.0 Å². The van der Waals surface area contributed by atoms with Crippen LogP contribution in [0.25, 0.3) is 0 Å². The Kier molecular flexibility index (Phi) is 2.01. The molecule has 0 radical (unpaired) electrons. The molecule has 0 aliphatic heterocycles. The van der Waals surface area contributed by atoms with E-state index < -0.39 is 0 Å². The fourth-order valence-corrected chi connectivity index (χ4v) is 1.38. The average Bonchev–Trinajstić information content (AvgIpc) is 2.17. The van der Waals surface area contributed by atoms with Crippen LogP contribution < -0.4 is 0 Å². The Balaban J connectivity index is 2.72. The molecular weight excluding hydrogens is 130 g/mol. The summed E-state index contributed by atoms with van der Waals surface area (Å²) in [6, 6.07) is 2.09. The standard InChI is InChI=1S/C7H9NS/c1-3-4-7-5-6(2)8-9-7/h3,5H,1,4H2,2H3. The minimum atomic E-state index is 0.950. The van der Waals surface area contributed by atoms with Crippen LogP contribution in [-0.4, -0.2) is 4.37 Å². The van der Waals surface area contributed by atoms with Gasteiger partial charge in [0, 0.05) is 11.3 Å². The van der Waals surface area contributed by atoms with E-state index in [9.17, 15) is 0 Å². The quantitative estimate of drug-likeness (QED) is 0.572. The summed E-state index contributed by atoms with van der Waals surface area (Å²) in [5, 5.41) is 0. The lowest BCUT2D eigenvalue weighted by atomic mass is 10.3. The molecule has 0 N–H and O–H groups in total. The lowest BCUT2D eigenvalue weighted by molar-refractivity contribution is 1.31. The average molecular weight is 139 g/mol. The van der Waals surface area contributed by atoms with Gasteiger partial charge in [-0.05, 0) is 24.5 Å². The fraction of sp³-hybridized carbons (Fsp3) is 0.286. The minimum absolute atomic E-state index is 0.950. The van der Waals surface area contributed by atoms with Gasteiger partial charge in [0.2, 0.25) is 0 Å². The van der Waals surface area contributed by atoms with Gasteiger partial charge in [-0.15, -0.1) is 6.58 Å². The molecule has 0 amide bonds. The molecular formula is C7H9NS. The molecule has 1 nitrogen and oxygen atoms in total. The van der Waals surface area contributed by atoms with Gasteiger partial charge in [-0.3, -0.25) is 0 Å². The van der Waals surface area contributed by atoms with Crippen LogP contribution in [-0.2, 0) is 6.42 Å². The van der Waals surface area contributed by atoms with E-state index in [0.717, 1.165) is 12.1 Å². The van der Waals surface area contributed by atoms with Gasteiger partial charge >= 0.3 is 0 Å². The van der Waals surface area contributed by atoms with Crippen LogP contribution in [0.4, 0.5) is 0 Å². The van der Waals surface area contributed by atoms with E-state index in [2.05, 4.69) is 17.0 Å². The number of aryl methyl sites for hydroxylation is 1. The first-order valence-corrected chi connectivity index (χ1v) is 3.63. The normalized spacial score (nSPS) is 9.44. The molecule has 0 aromatic carbocycles. The Labute approximate surface area is 59.2 Å². The van der Waals surface area contributed by atoms with E-state index in [1.54, 1.807) is 11.5 Å². The predicted octanol–water partition coefficient (Wildman–Crippen LogP) is 2.18. The number of aromatic nitrogens is 1. The van der Waals surface area contributed by atoms with Crippen LogP contribution in [0.5, 0.6) is 0 Å². The highest BCUT2D eigenvalue weighted by Gasteiger charge is 1.92. The molecule has 1 heterocycles.